The molecule has 28 heavy (non-hydrogen) atoms. The minimum absolute atomic E-state index is 0.106. The van der Waals surface area contributed by atoms with Crippen LogP contribution in [0.3, 0.4) is 0 Å². The fourth-order valence-electron chi connectivity index (χ4n) is 3.58. The molecule has 0 unspecified atom stereocenters. The van der Waals surface area contributed by atoms with E-state index in [1.54, 1.807) is 29.7 Å². The molecule has 0 N–H and O–H groups in total. The number of hydrogen-bond acceptors (Lipinski definition) is 6. The lowest BCUT2D eigenvalue weighted by molar-refractivity contribution is -0.385. The van der Waals surface area contributed by atoms with Gasteiger partial charge >= 0.3 is 5.69 Å². The molecule has 0 saturated carbocycles. The Kier molecular flexibility index (Phi) is 5.52. The number of nitrogens with zero attached hydrogens (tertiary/aromatic N) is 3. The number of rotatable bonds is 4. The smallest absolute Gasteiger partial charge is 0.311 e. The summed E-state index contributed by atoms with van der Waals surface area (Å²) in [6, 6.07) is 7.00. The molecule has 146 valence electrons. The van der Waals surface area contributed by atoms with E-state index in [0.717, 1.165) is 24.8 Å². The first-order valence-corrected chi connectivity index (χ1v) is 9.97. The highest BCUT2D eigenvalue weighted by Gasteiger charge is 2.32. The van der Waals surface area contributed by atoms with Crippen molar-refractivity contribution in [3.8, 4) is 11.8 Å². The number of nitro groups is 1. The molecule has 1 atom stereocenters. The Hall–Kier alpha value is -2.72. The van der Waals surface area contributed by atoms with Crippen LogP contribution in [-0.2, 0) is 12.8 Å². The van der Waals surface area contributed by atoms with Gasteiger partial charge in [0.25, 0.3) is 0 Å². The fraction of sp³-hybridized carbons (Fsp3) is 0.429. The van der Waals surface area contributed by atoms with Crippen LogP contribution in [0.2, 0.25) is 0 Å². The van der Waals surface area contributed by atoms with Crippen LogP contribution in [-0.4, -0.2) is 18.2 Å². The van der Waals surface area contributed by atoms with Crippen LogP contribution in [0.15, 0.2) is 23.2 Å². The first kappa shape index (κ1) is 20.0. The Labute approximate surface area is 168 Å². The van der Waals surface area contributed by atoms with Crippen molar-refractivity contribution >= 4 is 28.2 Å². The summed E-state index contributed by atoms with van der Waals surface area (Å²) in [5.41, 5.74) is 2.49. The van der Waals surface area contributed by atoms with Crippen molar-refractivity contribution in [2.24, 2.45) is 16.3 Å². The Morgan fingerprint density at radius 1 is 1.43 bits per heavy atom. The van der Waals surface area contributed by atoms with Crippen LogP contribution < -0.4 is 4.74 Å². The van der Waals surface area contributed by atoms with Crippen LogP contribution >= 0.6 is 11.3 Å². The molecule has 0 bridgehead atoms. The van der Waals surface area contributed by atoms with Crippen molar-refractivity contribution < 1.29 is 9.66 Å². The van der Waals surface area contributed by atoms with Gasteiger partial charge in [0.15, 0.2) is 5.75 Å². The number of fused-ring (bicyclic) bond motifs is 1. The number of hydrogen-bond donors (Lipinski definition) is 0. The zero-order valence-corrected chi connectivity index (χ0v) is 17.3. The molecule has 1 aliphatic carbocycles. The highest BCUT2D eigenvalue weighted by molar-refractivity contribution is 7.16. The summed E-state index contributed by atoms with van der Waals surface area (Å²) in [7, 11) is 1.40. The number of thiophene rings is 1. The van der Waals surface area contributed by atoms with Crippen molar-refractivity contribution in [1.29, 1.82) is 5.26 Å². The van der Waals surface area contributed by atoms with Gasteiger partial charge in [-0.1, -0.05) is 20.8 Å². The molecule has 0 saturated heterocycles. The molecular formula is C21H23N3O3S. The maximum atomic E-state index is 11.2. The molecule has 6 nitrogen and oxygen atoms in total. The van der Waals surface area contributed by atoms with Crippen molar-refractivity contribution in [3.05, 3.63) is 49.9 Å². The van der Waals surface area contributed by atoms with E-state index in [2.05, 4.69) is 31.8 Å². The molecule has 2 aromatic rings. The maximum absolute atomic E-state index is 11.2. The van der Waals surface area contributed by atoms with Crippen molar-refractivity contribution in [2.45, 2.75) is 40.0 Å². The summed E-state index contributed by atoms with van der Waals surface area (Å²) in [5.74, 6) is 0.797. The van der Waals surface area contributed by atoms with Crippen LogP contribution in [0.5, 0.6) is 5.75 Å². The zero-order chi connectivity index (χ0) is 20.5. The maximum Gasteiger partial charge on any atom is 0.311 e. The second kappa shape index (κ2) is 7.72. The summed E-state index contributed by atoms with van der Waals surface area (Å²) in [4.78, 5) is 16.5. The third kappa shape index (κ3) is 3.92. The Bertz CT molecular complexity index is 980. The topological polar surface area (TPSA) is 88.5 Å². The monoisotopic (exact) mass is 397 g/mol. The standard InChI is InChI=1S/C21H23N3O3S/c1-21(2,3)14-6-7-15-16(11-22)20(28-19(15)10-14)23-12-13-5-8-18(27-4)17(9-13)24(25)26/h5,8-9,12,14H,6-7,10H2,1-4H3/t14-/m1/s1. The van der Waals surface area contributed by atoms with Gasteiger partial charge in [0.1, 0.15) is 11.1 Å². The van der Waals surface area contributed by atoms with Gasteiger partial charge in [-0.05, 0) is 53.9 Å². The van der Waals surface area contributed by atoms with Crippen LogP contribution in [0.4, 0.5) is 10.7 Å². The van der Waals surface area contributed by atoms with Gasteiger partial charge in [0.2, 0.25) is 0 Å². The zero-order valence-electron chi connectivity index (χ0n) is 16.5. The van der Waals surface area contributed by atoms with E-state index < -0.39 is 4.92 Å². The quantitative estimate of drug-likeness (QED) is 0.390. The molecule has 3 rings (SSSR count). The van der Waals surface area contributed by atoms with Gasteiger partial charge in [0.05, 0.1) is 17.6 Å². The summed E-state index contributed by atoms with van der Waals surface area (Å²) in [6.45, 7) is 6.78. The second-order valence-corrected chi connectivity index (χ2v) is 9.13. The molecule has 0 aliphatic heterocycles. The fourth-order valence-corrected chi connectivity index (χ4v) is 4.80. The molecule has 0 spiro atoms. The Balaban J connectivity index is 1.92. The third-order valence-corrected chi connectivity index (χ3v) is 6.48. The van der Waals surface area contributed by atoms with Gasteiger partial charge < -0.3 is 4.74 Å². The first-order chi connectivity index (χ1) is 13.2. The van der Waals surface area contributed by atoms with Crippen LogP contribution in [0.25, 0.3) is 0 Å². The minimum atomic E-state index is -0.479. The average molecular weight is 398 g/mol. The van der Waals surface area contributed by atoms with E-state index in [1.807, 2.05) is 0 Å². The molecule has 7 heteroatoms. The highest BCUT2D eigenvalue weighted by atomic mass is 32.1. The predicted octanol–water partition coefficient (Wildman–Crippen LogP) is 5.44. The summed E-state index contributed by atoms with van der Waals surface area (Å²) >= 11 is 1.56. The van der Waals surface area contributed by atoms with Crippen molar-refractivity contribution in [2.75, 3.05) is 7.11 Å². The lowest BCUT2D eigenvalue weighted by atomic mass is 9.72. The van der Waals surface area contributed by atoms with Gasteiger partial charge in [-0.25, -0.2) is 4.99 Å². The number of nitriles is 1. The first-order valence-electron chi connectivity index (χ1n) is 9.15. The summed E-state index contributed by atoms with van der Waals surface area (Å²) in [6.07, 6.45) is 4.53. The number of benzene rings is 1. The SMILES string of the molecule is COc1ccc(C=Nc2sc3c(c2C#N)CC[C@@H](C(C)(C)C)C3)cc1[N+](=O)[O-]. The Morgan fingerprint density at radius 3 is 2.79 bits per heavy atom. The lowest BCUT2D eigenvalue weighted by Gasteiger charge is -2.33. The molecular weight excluding hydrogens is 374 g/mol. The van der Waals surface area contributed by atoms with E-state index in [4.69, 9.17) is 4.74 Å². The van der Waals surface area contributed by atoms with E-state index in [9.17, 15) is 15.4 Å². The molecule has 1 aliphatic rings. The van der Waals surface area contributed by atoms with E-state index >= 15 is 0 Å². The molecule has 1 aromatic heterocycles. The lowest BCUT2D eigenvalue weighted by Crippen LogP contribution is -2.26. The van der Waals surface area contributed by atoms with E-state index in [0.29, 0.717) is 22.0 Å². The van der Waals surface area contributed by atoms with Crippen molar-refractivity contribution in [3.63, 3.8) is 0 Å². The van der Waals surface area contributed by atoms with E-state index in [-0.39, 0.29) is 16.9 Å². The van der Waals surface area contributed by atoms with Gasteiger partial charge in [-0.2, -0.15) is 5.26 Å². The summed E-state index contributed by atoms with van der Waals surface area (Å²) in [5, 5.41) is 21.5. The van der Waals surface area contributed by atoms with Gasteiger partial charge in [-0.3, -0.25) is 10.1 Å². The third-order valence-electron chi connectivity index (χ3n) is 5.31. The highest BCUT2D eigenvalue weighted by Crippen LogP contribution is 2.44. The predicted molar refractivity (Wildman–Crippen MR) is 111 cm³/mol. The minimum Gasteiger partial charge on any atom is -0.490 e. The molecule has 0 radical (unpaired) electrons. The molecule has 0 amide bonds. The van der Waals surface area contributed by atoms with Gasteiger partial charge in [0, 0.05) is 17.2 Å². The van der Waals surface area contributed by atoms with Crippen molar-refractivity contribution in [1.82, 2.24) is 0 Å². The molecule has 1 aromatic carbocycles. The molecule has 1 heterocycles. The number of methoxy groups -OCH3 is 1. The second-order valence-electron chi connectivity index (χ2n) is 8.05. The van der Waals surface area contributed by atoms with Gasteiger partial charge in [-0.15, -0.1) is 11.3 Å². The van der Waals surface area contributed by atoms with Crippen LogP contribution in [0, 0.1) is 32.8 Å². The normalized spacial score (nSPS) is 16.6. The number of nitro benzene ring substituents is 1. The largest absolute Gasteiger partial charge is 0.490 e. The average Bonchev–Trinajstić information content (AvgIpc) is 3.01. The number of ether oxygens (including phenoxy) is 1. The molecule has 0 fully saturated rings. The van der Waals surface area contributed by atoms with Crippen LogP contribution in [0.1, 0.15) is 48.8 Å². The van der Waals surface area contributed by atoms with E-state index in [1.165, 1.54) is 18.1 Å². The Morgan fingerprint density at radius 2 is 2.18 bits per heavy atom. The summed E-state index contributed by atoms with van der Waals surface area (Å²) < 4.78 is 5.03. The number of aliphatic imine (C=N–C) groups is 1.